The lowest BCUT2D eigenvalue weighted by atomic mass is 10.0. The fourth-order valence-electron chi connectivity index (χ4n) is 4.12. The highest BCUT2D eigenvalue weighted by atomic mass is 16.2. The van der Waals surface area contributed by atoms with Crippen molar-refractivity contribution < 1.29 is 4.79 Å². The highest BCUT2D eigenvalue weighted by Crippen LogP contribution is 2.22. The molecule has 6 nitrogen and oxygen atoms in total. The van der Waals surface area contributed by atoms with Gasteiger partial charge in [-0.15, -0.1) is 0 Å². The Hall–Kier alpha value is -2.63. The summed E-state index contributed by atoms with van der Waals surface area (Å²) in [5.74, 6) is 1.95. The fourth-order valence-corrected chi connectivity index (χ4v) is 4.12. The van der Waals surface area contributed by atoms with E-state index in [1.165, 1.54) is 18.4 Å². The Balaban J connectivity index is 1.44. The first-order valence-electron chi connectivity index (χ1n) is 10.2. The molecule has 2 aliphatic heterocycles. The molecule has 0 N–H and O–H groups in total. The van der Waals surface area contributed by atoms with Crippen LogP contribution in [0.25, 0.3) is 0 Å². The summed E-state index contributed by atoms with van der Waals surface area (Å²) in [7, 11) is 0. The normalized spacial score (nSPS) is 17.3. The summed E-state index contributed by atoms with van der Waals surface area (Å²) >= 11 is 0. The van der Waals surface area contributed by atoms with E-state index < -0.39 is 0 Å². The third-order valence-corrected chi connectivity index (χ3v) is 5.72. The molecule has 1 aromatic carbocycles. The number of carbonyl (C=O) groups excluding carboxylic acids is 1. The standard InChI is InChI=1S/C22H29N5O/c1-16-6-7-19(17(2)14-16)21(28)26-10-12-27(13-11-26)22-23-18(3)15-20(24-22)25-8-4-5-9-25/h6-7,14-15H,4-5,8-13H2,1-3H3. The van der Waals surface area contributed by atoms with Crippen LogP contribution in [0.1, 0.15) is 40.0 Å². The molecule has 28 heavy (non-hydrogen) atoms. The van der Waals surface area contributed by atoms with Crippen LogP contribution >= 0.6 is 0 Å². The second-order valence-corrected chi connectivity index (χ2v) is 7.96. The molecule has 148 valence electrons. The minimum atomic E-state index is 0.125. The van der Waals surface area contributed by atoms with E-state index in [9.17, 15) is 4.79 Å². The number of anilines is 2. The Morgan fingerprint density at radius 1 is 0.857 bits per heavy atom. The summed E-state index contributed by atoms with van der Waals surface area (Å²) in [5.41, 5.74) is 4.04. The molecule has 2 aliphatic rings. The van der Waals surface area contributed by atoms with Gasteiger partial charge in [0.1, 0.15) is 5.82 Å². The molecule has 0 unspecified atom stereocenters. The number of rotatable bonds is 3. The number of carbonyl (C=O) groups is 1. The number of piperazine rings is 1. The molecule has 4 rings (SSSR count). The molecule has 2 saturated heterocycles. The fraction of sp³-hybridized carbons (Fsp3) is 0.500. The SMILES string of the molecule is Cc1ccc(C(=O)N2CCN(c3nc(C)cc(N4CCCC4)n3)CC2)c(C)c1. The number of hydrogen-bond donors (Lipinski definition) is 0. The van der Waals surface area contributed by atoms with Crippen molar-refractivity contribution in [3.05, 3.63) is 46.6 Å². The number of benzene rings is 1. The van der Waals surface area contributed by atoms with Gasteiger partial charge in [0.2, 0.25) is 5.95 Å². The van der Waals surface area contributed by atoms with E-state index in [1.807, 2.05) is 30.9 Å². The van der Waals surface area contributed by atoms with Crippen molar-refractivity contribution in [1.29, 1.82) is 0 Å². The first kappa shape index (κ1) is 18.7. The molecule has 0 spiro atoms. The maximum absolute atomic E-state index is 12.9. The predicted octanol–water partition coefficient (Wildman–Crippen LogP) is 2.96. The van der Waals surface area contributed by atoms with E-state index in [4.69, 9.17) is 4.98 Å². The monoisotopic (exact) mass is 379 g/mol. The van der Waals surface area contributed by atoms with Gasteiger partial charge in [-0.25, -0.2) is 4.98 Å². The van der Waals surface area contributed by atoms with Crippen molar-refractivity contribution in [3.63, 3.8) is 0 Å². The number of aromatic nitrogens is 2. The summed E-state index contributed by atoms with van der Waals surface area (Å²) in [4.78, 5) is 28.9. The third kappa shape index (κ3) is 3.81. The van der Waals surface area contributed by atoms with Gasteiger partial charge in [0, 0.05) is 56.6 Å². The zero-order chi connectivity index (χ0) is 19.7. The van der Waals surface area contributed by atoms with Gasteiger partial charge in [-0.3, -0.25) is 4.79 Å². The largest absolute Gasteiger partial charge is 0.356 e. The van der Waals surface area contributed by atoms with Crippen LogP contribution in [0, 0.1) is 20.8 Å². The summed E-state index contributed by atoms with van der Waals surface area (Å²) in [6, 6.07) is 8.11. The molecular weight excluding hydrogens is 350 g/mol. The van der Waals surface area contributed by atoms with Gasteiger partial charge in [0.05, 0.1) is 0 Å². The lowest BCUT2D eigenvalue weighted by molar-refractivity contribution is 0.0745. The topological polar surface area (TPSA) is 52.6 Å². The molecule has 0 radical (unpaired) electrons. The molecule has 3 heterocycles. The zero-order valence-corrected chi connectivity index (χ0v) is 17.1. The zero-order valence-electron chi connectivity index (χ0n) is 17.1. The van der Waals surface area contributed by atoms with Crippen molar-refractivity contribution in [2.45, 2.75) is 33.6 Å². The van der Waals surface area contributed by atoms with Gasteiger partial charge in [-0.2, -0.15) is 4.98 Å². The molecule has 1 aromatic heterocycles. The molecule has 2 fully saturated rings. The highest BCUT2D eigenvalue weighted by molar-refractivity contribution is 5.95. The van der Waals surface area contributed by atoms with Crippen molar-refractivity contribution in [2.24, 2.45) is 0 Å². The predicted molar refractivity (Wildman–Crippen MR) is 112 cm³/mol. The van der Waals surface area contributed by atoms with Crippen molar-refractivity contribution >= 4 is 17.7 Å². The first-order valence-corrected chi connectivity index (χ1v) is 10.2. The summed E-state index contributed by atoms with van der Waals surface area (Å²) in [6.45, 7) is 11.2. The Kier molecular flexibility index (Phi) is 5.20. The van der Waals surface area contributed by atoms with Crippen LogP contribution in [0.15, 0.2) is 24.3 Å². The van der Waals surface area contributed by atoms with Gasteiger partial charge in [0.25, 0.3) is 5.91 Å². The van der Waals surface area contributed by atoms with Crippen LogP contribution in [0.3, 0.4) is 0 Å². The van der Waals surface area contributed by atoms with E-state index in [0.717, 1.165) is 54.8 Å². The summed E-state index contributed by atoms with van der Waals surface area (Å²) in [6.07, 6.45) is 2.47. The number of amides is 1. The van der Waals surface area contributed by atoms with Crippen LogP contribution in [0.4, 0.5) is 11.8 Å². The number of aryl methyl sites for hydroxylation is 3. The van der Waals surface area contributed by atoms with E-state index in [-0.39, 0.29) is 5.91 Å². The van der Waals surface area contributed by atoms with Crippen LogP contribution in [-0.2, 0) is 0 Å². The summed E-state index contributed by atoms with van der Waals surface area (Å²) in [5, 5.41) is 0. The maximum Gasteiger partial charge on any atom is 0.254 e. The Morgan fingerprint density at radius 2 is 1.57 bits per heavy atom. The minimum Gasteiger partial charge on any atom is -0.356 e. The molecule has 6 heteroatoms. The Bertz CT molecular complexity index is 867. The van der Waals surface area contributed by atoms with E-state index in [1.54, 1.807) is 0 Å². The average molecular weight is 380 g/mol. The smallest absolute Gasteiger partial charge is 0.254 e. The summed E-state index contributed by atoms with van der Waals surface area (Å²) < 4.78 is 0. The Morgan fingerprint density at radius 3 is 2.25 bits per heavy atom. The van der Waals surface area contributed by atoms with Crippen molar-refractivity contribution in [3.8, 4) is 0 Å². The number of hydrogen-bond acceptors (Lipinski definition) is 5. The van der Waals surface area contributed by atoms with Crippen molar-refractivity contribution in [1.82, 2.24) is 14.9 Å². The lowest BCUT2D eigenvalue weighted by Crippen LogP contribution is -2.49. The average Bonchev–Trinajstić information content (AvgIpc) is 3.22. The van der Waals surface area contributed by atoms with Gasteiger partial charge in [0.15, 0.2) is 0 Å². The van der Waals surface area contributed by atoms with E-state index in [2.05, 4.69) is 33.8 Å². The van der Waals surface area contributed by atoms with Gasteiger partial charge >= 0.3 is 0 Å². The third-order valence-electron chi connectivity index (χ3n) is 5.72. The molecule has 0 bridgehead atoms. The van der Waals surface area contributed by atoms with Crippen LogP contribution in [0.5, 0.6) is 0 Å². The van der Waals surface area contributed by atoms with E-state index in [0.29, 0.717) is 13.1 Å². The second-order valence-electron chi connectivity index (χ2n) is 7.96. The lowest BCUT2D eigenvalue weighted by Gasteiger charge is -2.35. The van der Waals surface area contributed by atoms with Gasteiger partial charge in [-0.05, 0) is 45.2 Å². The quantitative estimate of drug-likeness (QED) is 0.821. The van der Waals surface area contributed by atoms with Crippen LogP contribution in [0.2, 0.25) is 0 Å². The van der Waals surface area contributed by atoms with Gasteiger partial charge < -0.3 is 14.7 Å². The highest BCUT2D eigenvalue weighted by Gasteiger charge is 2.25. The minimum absolute atomic E-state index is 0.125. The molecule has 2 aromatic rings. The van der Waals surface area contributed by atoms with Crippen LogP contribution < -0.4 is 9.80 Å². The molecule has 1 amide bonds. The second kappa shape index (κ2) is 7.78. The first-order chi connectivity index (χ1) is 13.5. The molecule has 0 atom stereocenters. The molecular formula is C22H29N5O. The van der Waals surface area contributed by atoms with Crippen molar-refractivity contribution in [2.75, 3.05) is 49.1 Å². The molecule has 0 aliphatic carbocycles. The maximum atomic E-state index is 12.9. The van der Waals surface area contributed by atoms with E-state index >= 15 is 0 Å². The van der Waals surface area contributed by atoms with Crippen LogP contribution in [-0.4, -0.2) is 60.0 Å². The number of nitrogens with zero attached hydrogens (tertiary/aromatic N) is 5. The van der Waals surface area contributed by atoms with Gasteiger partial charge in [-0.1, -0.05) is 17.7 Å². The Labute approximate surface area is 167 Å². The molecule has 0 saturated carbocycles.